The number of carbonyl (C=O) groups is 1. The number of nitriles is 2. The second kappa shape index (κ2) is 14.5. The largest absolute Gasteiger partial charge is 0.456 e. The molecule has 0 bridgehead atoms. The van der Waals surface area contributed by atoms with E-state index in [4.69, 9.17) is 16.3 Å². The third kappa shape index (κ3) is 8.23. The number of rotatable bonds is 12. The van der Waals surface area contributed by atoms with Crippen LogP contribution in [0.4, 0.5) is 17.3 Å². The molecule has 0 spiro atoms. The van der Waals surface area contributed by atoms with Gasteiger partial charge in [-0.3, -0.25) is 9.69 Å². The van der Waals surface area contributed by atoms with Gasteiger partial charge in [-0.05, 0) is 81.7 Å². The van der Waals surface area contributed by atoms with Crippen LogP contribution in [0.3, 0.4) is 0 Å². The standard InChI is InChI=1S/C32H35ClN8O2/c1-4-13-41(14-5-2)18-22-11-12-36-29-26(15-22)30(38-21-37-29)39-24-9-10-28(27(33)17-24)43-25-8-6-7-23(16-25)31(42)40-32(3,19-34)20-35/h6-10,15-17,21H,4-5,11-14,18H2,1-3H3,(H,40,42)(H2,36,37,38,39). The fourth-order valence-corrected chi connectivity index (χ4v) is 4.93. The van der Waals surface area contributed by atoms with Crippen LogP contribution in [-0.4, -0.2) is 52.5 Å². The molecule has 222 valence electrons. The molecule has 0 atom stereocenters. The summed E-state index contributed by atoms with van der Waals surface area (Å²) in [6.07, 6.45) is 6.88. The predicted octanol–water partition coefficient (Wildman–Crippen LogP) is 6.52. The highest BCUT2D eigenvalue weighted by atomic mass is 35.5. The average molecular weight is 599 g/mol. The predicted molar refractivity (Wildman–Crippen MR) is 168 cm³/mol. The number of benzene rings is 2. The van der Waals surface area contributed by atoms with Gasteiger partial charge in [-0.15, -0.1) is 0 Å². The molecule has 3 N–H and O–H groups in total. The van der Waals surface area contributed by atoms with Crippen LogP contribution >= 0.6 is 11.6 Å². The Morgan fingerprint density at radius 2 is 1.91 bits per heavy atom. The quantitative estimate of drug-likeness (QED) is 0.212. The molecule has 43 heavy (non-hydrogen) atoms. The molecule has 0 unspecified atom stereocenters. The number of amides is 1. The summed E-state index contributed by atoms with van der Waals surface area (Å²) in [5.41, 5.74) is 1.55. The number of hydrogen-bond donors (Lipinski definition) is 3. The Balaban J connectivity index is 1.51. The second-order valence-corrected chi connectivity index (χ2v) is 10.9. The lowest BCUT2D eigenvalue weighted by Gasteiger charge is -2.22. The van der Waals surface area contributed by atoms with Crippen LogP contribution in [0.25, 0.3) is 6.08 Å². The smallest absolute Gasteiger partial charge is 0.253 e. The number of aromatic nitrogens is 2. The number of nitrogens with one attached hydrogen (secondary N) is 3. The third-order valence-corrected chi connectivity index (χ3v) is 7.10. The first kappa shape index (κ1) is 31.3. The zero-order valence-corrected chi connectivity index (χ0v) is 25.3. The number of nitrogens with zero attached hydrogens (tertiary/aromatic N) is 5. The van der Waals surface area contributed by atoms with Crippen molar-refractivity contribution < 1.29 is 9.53 Å². The van der Waals surface area contributed by atoms with Crippen LogP contribution in [0, 0.1) is 22.7 Å². The van der Waals surface area contributed by atoms with Crippen molar-refractivity contribution in [3.05, 3.63) is 70.5 Å². The van der Waals surface area contributed by atoms with Gasteiger partial charge in [0.2, 0.25) is 5.54 Å². The van der Waals surface area contributed by atoms with E-state index in [-0.39, 0.29) is 5.56 Å². The van der Waals surface area contributed by atoms with Crippen LogP contribution in [0.15, 0.2) is 54.4 Å². The van der Waals surface area contributed by atoms with Gasteiger partial charge in [0.15, 0.2) is 0 Å². The minimum absolute atomic E-state index is 0.238. The number of hydrogen-bond acceptors (Lipinski definition) is 9. The lowest BCUT2D eigenvalue weighted by molar-refractivity contribution is 0.0936. The molecule has 10 nitrogen and oxygen atoms in total. The summed E-state index contributed by atoms with van der Waals surface area (Å²) in [5, 5.41) is 27.9. The first-order valence-corrected chi connectivity index (χ1v) is 14.7. The first-order chi connectivity index (χ1) is 20.8. The molecular weight excluding hydrogens is 564 g/mol. The van der Waals surface area contributed by atoms with Crippen molar-refractivity contribution in [3.63, 3.8) is 0 Å². The van der Waals surface area contributed by atoms with E-state index in [1.807, 2.05) is 6.07 Å². The van der Waals surface area contributed by atoms with Gasteiger partial charge in [0, 0.05) is 24.3 Å². The molecule has 0 aliphatic carbocycles. The van der Waals surface area contributed by atoms with Gasteiger partial charge in [0.25, 0.3) is 5.91 Å². The zero-order chi connectivity index (χ0) is 30.8. The molecule has 0 fully saturated rings. The molecule has 0 saturated heterocycles. The molecule has 2 aromatic carbocycles. The molecule has 11 heteroatoms. The van der Waals surface area contributed by atoms with Gasteiger partial charge in [0.1, 0.15) is 41.6 Å². The Kier molecular flexibility index (Phi) is 10.6. The highest BCUT2D eigenvalue weighted by molar-refractivity contribution is 6.32. The highest BCUT2D eigenvalue weighted by Gasteiger charge is 2.26. The van der Waals surface area contributed by atoms with E-state index < -0.39 is 11.4 Å². The monoisotopic (exact) mass is 598 g/mol. The number of ether oxygens (including phenoxy) is 1. The molecular formula is C32H35ClN8O2. The number of fused-ring (bicyclic) bond motifs is 1. The van der Waals surface area contributed by atoms with Crippen molar-refractivity contribution in [2.75, 3.05) is 36.8 Å². The van der Waals surface area contributed by atoms with Crippen LogP contribution in [0.2, 0.25) is 5.02 Å². The summed E-state index contributed by atoms with van der Waals surface area (Å²) in [4.78, 5) is 24.1. The summed E-state index contributed by atoms with van der Waals surface area (Å²) in [6.45, 7) is 9.59. The van der Waals surface area contributed by atoms with Crippen molar-refractivity contribution in [2.24, 2.45) is 0 Å². The van der Waals surface area contributed by atoms with Crippen LogP contribution in [0.1, 0.15) is 56.0 Å². The van der Waals surface area contributed by atoms with Gasteiger partial charge in [-0.1, -0.05) is 37.1 Å². The van der Waals surface area contributed by atoms with E-state index in [0.29, 0.717) is 22.3 Å². The normalized spacial score (nSPS) is 12.6. The fraction of sp³-hybridized carbons (Fsp3) is 0.344. The van der Waals surface area contributed by atoms with Gasteiger partial charge < -0.3 is 20.7 Å². The van der Waals surface area contributed by atoms with E-state index in [2.05, 4.69) is 50.7 Å². The Morgan fingerprint density at radius 1 is 1.14 bits per heavy atom. The third-order valence-electron chi connectivity index (χ3n) is 6.81. The van der Waals surface area contributed by atoms with Crippen molar-refractivity contribution in [2.45, 2.75) is 45.6 Å². The number of carbonyl (C=O) groups excluding carboxylic acids is 1. The number of anilines is 3. The van der Waals surface area contributed by atoms with Gasteiger partial charge in [-0.25, -0.2) is 9.97 Å². The lowest BCUT2D eigenvalue weighted by atomic mass is 10.1. The van der Waals surface area contributed by atoms with Crippen LogP contribution in [-0.2, 0) is 0 Å². The molecule has 0 radical (unpaired) electrons. The van der Waals surface area contributed by atoms with E-state index in [1.165, 1.54) is 24.9 Å². The topological polar surface area (TPSA) is 139 Å². The Hall–Kier alpha value is -4.64. The molecule has 1 amide bonds. The van der Waals surface area contributed by atoms with Crippen molar-refractivity contribution >= 4 is 40.9 Å². The summed E-state index contributed by atoms with van der Waals surface area (Å²) in [6, 6.07) is 15.3. The zero-order valence-electron chi connectivity index (χ0n) is 24.6. The molecule has 1 aliphatic heterocycles. The van der Waals surface area contributed by atoms with Gasteiger partial charge in [0.05, 0.1) is 10.6 Å². The number of halogens is 1. The summed E-state index contributed by atoms with van der Waals surface area (Å²) < 4.78 is 5.97. The Labute approximate surface area is 257 Å². The van der Waals surface area contributed by atoms with Gasteiger partial charge in [-0.2, -0.15) is 10.5 Å². The maximum absolute atomic E-state index is 12.6. The Bertz CT molecular complexity index is 1560. The maximum atomic E-state index is 12.6. The second-order valence-electron chi connectivity index (χ2n) is 10.4. The maximum Gasteiger partial charge on any atom is 0.253 e. The summed E-state index contributed by atoms with van der Waals surface area (Å²) in [7, 11) is 0. The Morgan fingerprint density at radius 3 is 2.60 bits per heavy atom. The van der Waals surface area contributed by atoms with E-state index >= 15 is 0 Å². The summed E-state index contributed by atoms with van der Waals surface area (Å²) >= 11 is 6.60. The SMILES string of the molecule is CCCN(CCC)CC1=Cc2c(ncnc2Nc2ccc(Oc3cccc(C(=O)NC(C)(C#N)C#N)c3)c(Cl)c2)NCC1. The summed E-state index contributed by atoms with van der Waals surface area (Å²) in [5.74, 6) is 1.64. The molecule has 1 aliphatic rings. The highest BCUT2D eigenvalue weighted by Crippen LogP contribution is 2.34. The van der Waals surface area contributed by atoms with Gasteiger partial charge >= 0.3 is 0 Å². The average Bonchev–Trinajstić information content (AvgIpc) is 3.21. The van der Waals surface area contributed by atoms with Crippen LogP contribution < -0.4 is 20.7 Å². The lowest BCUT2D eigenvalue weighted by Crippen LogP contribution is -2.43. The molecule has 3 aromatic rings. The van der Waals surface area contributed by atoms with Crippen molar-refractivity contribution in [3.8, 4) is 23.6 Å². The molecule has 2 heterocycles. The van der Waals surface area contributed by atoms with E-state index in [0.717, 1.165) is 62.5 Å². The first-order valence-electron chi connectivity index (χ1n) is 14.3. The van der Waals surface area contributed by atoms with Crippen molar-refractivity contribution in [1.82, 2.24) is 20.2 Å². The van der Waals surface area contributed by atoms with Crippen molar-refractivity contribution in [1.29, 1.82) is 10.5 Å². The molecule has 1 aromatic heterocycles. The minimum Gasteiger partial charge on any atom is -0.456 e. The molecule has 0 saturated carbocycles. The minimum atomic E-state index is -1.64. The van der Waals surface area contributed by atoms with E-state index in [9.17, 15) is 15.3 Å². The molecule has 4 rings (SSSR count). The fourth-order valence-electron chi connectivity index (χ4n) is 4.71. The van der Waals surface area contributed by atoms with Crippen LogP contribution in [0.5, 0.6) is 11.5 Å². The van der Waals surface area contributed by atoms with E-state index in [1.54, 1.807) is 42.5 Å².